The van der Waals surface area contributed by atoms with E-state index in [1.807, 2.05) is 0 Å². The first-order valence-corrected chi connectivity index (χ1v) is 4.11. The number of aromatic nitrogens is 1. The van der Waals surface area contributed by atoms with E-state index in [0.717, 1.165) is 0 Å². The van der Waals surface area contributed by atoms with Crippen LogP contribution in [-0.4, -0.2) is 16.1 Å². The number of hydrogen-bond acceptors (Lipinski definition) is 3. The Morgan fingerprint density at radius 2 is 1.79 bits per heavy atom. The molecule has 0 saturated heterocycles. The zero-order valence-electron chi connectivity index (χ0n) is 7.01. The number of nitrogens with zero attached hydrogens (tertiary/aromatic N) is 1. The van der Waals surface area contributed by atoms with Crippen molar-refractivity contribution in [3.8, 4) is 0 Å². The summed E-state index contributed by atoms with van der Waals surface area (Å²) in [5.74, 6) is -1.31. The zero-order valence-corrected chi connectivity index (χ0v) is 11.3. The predicted octanol–water partition coefficient (Wildman–Crippen LogP) is -0.674. The van der Waals surface area contributed by atoms with E-state index in [1.165, 1.54) is 0 Å². The third-order valence-corrected chi connectivity index (χ3v) is 2.41. The monoisotopic (exact) mass is 263 g/mol. The Morgan fingerprint density at radius 3 is 2.21 bits per heavy atom. The van der Waals surface area contributed by atoms with Gasteiger partial charge in [-0.3, -0.25) is 0 Å². The molecule has 0 spiro atoms. The summed E-state index contributed by atoms with van der Waals surface area (Å²) in [6.07, 6.45) is 0. The van der Waals surface area contributed by atoms with Crippen molar-refractivity contribution in [3.63, 3.8) is 0 Å². The van der Waals surface area contributed by atoms with Gasteiger partial charge in [0.1, 0.15) is 5.02 Å². The smallest absolute Gasteiger partial charge is 0.476 e. The molecule has 0 aromatic carbocycles. The molecule has 0 aliphatic rings. The fourth-order valence-electron chi connectivity index (χ4n) is 0.673. The van der Waals surface area contributed by atoms with E-state index in [-0.39, 0.29) is 50.4 Å². The standard InChI is InChI=1S/C6H3Cl3N2O2.Na/c7-1-3(10)2(8)5(9)11-4(1)6(12)13;/h(H2,10,11)(H,12,13);/q;+1. The Morgan fingerprint density at radius 1 is 1.29 bits per heavy atom. The maximum atomic E-state index is 10.5. The van der Waals surface area contributed by atoms with Crippen LogP contribution in [0.5, 0.6) is 0 Å². The van der Waals surface area contributed by atoms with Crippen molar-refractivity contribution in [1.82, 2.24) is 4.98 Å². The molecule has 1 aromatic rings. The second-order valence-electron chi connectivity index (χ2n) is 2.10. The van der Waals surface area contributed by atoms with Crippen LogP contribution >= 0.6 is 34.8 Å². The van der Waals surface area contributed by atoms with Crippen molar-refractivity contribution in [2.24, 2.45) is 0 Å². The second kappa shape index (κ2) is 5.39. The molecule has 70 valence electrons. The molecule has 0 amide bonds. The first-order chi connectivity index (χ1) is 5.95. The summed E-state index contributed by atoms with van der Waals surface area (Å²) in [6.45, 7) is 0. The molecule has 0 saturated carbocycles. The molecule has 0 aliphatic carbocycles. The molecule has 0 bridgehead atoms. The summed E-state index contributed by atoms with van der Waals surface area (Å²) in [6, 6.07) is 0. The number of rotatable bonds is 1. The Kier molecular flexibility index (Phi) is 5.51. The number of nitrogens with two attached hydrogens (primary N) is 1. The van der Waals surface area contributed by atoms with E-state index in [2.05, 4.69) is 4.98 Å². The number of hydrogen-bond donors (Lipinski definition) is 2. The Labute approximate surface area is 117 Å². The van der Waals surface area contributed by atoms with Crippen LogP contribution in [0.1, 0.15) is 10.5 Å². The van der Waals surface area contributed by atoms with Gasteiger partial charge in [0.25, 0.3) is 0 Å². The molecule has 0 unspecified atom stereocenters. The van der Waals surface area contributed by atoms with Crippen LogP contribution in [0, 0.1) is 0 Å². The molecule has 1 aromatic heterocycles. The maximum Gasteiger partial charge on any atom is 1.00 e. The minimum atomic E-state index is -1.31. The molecule has 3 N–H and O–H groups in total. The number of carboxylic acid groups (broad SMARTS) is 1. The first kappa shape index (κ1) is 14.3. The molecule has 14 heavy (non-hydrogen) atoms. The van der Waals surface area contributed by atoms with Crippen molar-refractivity contribution in [3.05, 3.63) is 20.9 Å². The molecular formula is C6H3Cl3N2NaO2+. The van der Waals surface area contributed by atoms with Crippen molar-refractivity contribution in [1.29, 1.82) is 0 Å². The van der Waals surface area contributed by atoms with E-state index in [9.17, 15) is 4.79 Å². The van der Waals surface area contributed by atoms with Gasteiger partial charge in [-0.15, -0.1) is 0 Å². The summed E-state index contributed by atoms with van der Waals surface area (Å²) >= 11 is 16.6. The fraction of sp³-hybridized carbons (Fsp3) is 0. The van der Waals surface area contributed by atoms with Gasteiger partial charge in [-0.25, -0.2) is 9.78 Å². The van der Waals surface area contributed by atoms with Crippen LogP contribution in [0.4, 0.5) is 5.69 Å². The third kappa shape index (κ3) is 2.66. The number of nitrogen functional groups attached to an aromatic ring is 1. The minimum absolute atomic E-state index is 0. The molecule has 4 nitrogen and oxygen atoms in total. The average molecular weight is 264 g/mol. The van der Waals surface area contributed by atoms with Crippen LogP contribution in [0.15, 0.2) is 0 Å². The molecule has 1 rings (SSSR count). The quantitative estimate of drug-likeness (QED) is 0.521. The van der Waals surface area contributed by atoms with E-state index in [1.54, 1.807) is 0 Å². The van der Waals surface area contributed by atoms with Gasteiger partial charge in [0, 0.05) is 0 Å². The summed E-state index contributed by atoms with van der Waals surface area (Å²) in [5, 5.41) is 8.17. The summed E-state index contributed by atoms with van der Waals surface area (Å²) in [7, 11) is 0. The van der Waals surface area contributed by atoms with Gasteiger partial charge in [0.05, 0.1) is 10.7 Å². The summed E-state index contributed by atoms with van der Waals surface area (Å²) in [4.78, 5) is 14.0. The maximum absolute atomic E-state index is 10.5. The van der Waals surface area contributed by atoms with Crippen LogP contribution in [0.2, 0.25) is 15.2 Å². The molecular weight excluding hydrogens is 261 g/mol. The van der Waals surface area contributed by atoms with Gasteiger partial charge in [-0.1, -0.05) is 34.8 Å². The first-order valence-electron chi connectivity index (χ1n) is 2.98. The number of carboxylic acids is 1. The van der Waals surface area contributed by atoms with Gasteiger partial charge in [-0.05, 0) is 0 Å². The fourth-order valence-corrected chi connectivity index (χ4v) is 1.26. The minimum Gasteiger partial charge on any atom is -0.476 e. The third-order valence-electron chi connectivity index (χ3n) is 1.27. The Bertz CT molecular complexity index is 386. The molecule has 1 heterocycles. The number of pyridine rings is 1. The van der Waals surface area contributed by atoms with Crippen molar-refractivity contribution in [2.75, 3.05) is 5.73 Å². The zero-order chi connectivity index (χ0) is 10.2. The topological polar surface area (TPSA) is 76.2 Å². The Hall–Kier alpha value is 0.290. The van der Waals surface area contributed by atoms with Crippen LogP contribution in [-0.2, 0) is 0 Å². The predicted molar refractivity (Wildman–Crippen MR) is 50.6 cm³/mol. The Balaban J connectivity index is 0.00000169. The summed E-state index contributed by atoms with van der Waals surface area (Å²) in [5.41, 5.74) is 4.88. The van der Waals surface area contributed by atoms with Gasteiger partial charge in [0.2, 0.25) is 0 Å². The number of carbonyl (C=O) groups is 1. The van der Waals surface area contributed by atoms with Crippen molar-refractivity contribution < 1.29 is 39.5 Å². The number of aromatic carboxylic acids is 1. The van der Waals surface area contributed by atoms with Gasteiger partial charge in [-0.2, -0.15) is 0 Å². The number of halogens is 3. The van der Waals surface area contributed by atoms with E-state index in [0.29, 0.717) is 0 Å². The van der Waals surface area contributed by atoms with E-state index < -0.39 is 11.7 Å². The second-order valence-corrected chi connectivity index (χ2v) is 3.21. The van der Waals surface area contributed by atoms with Crippen molar-refractivity contribution in [2.45, 2.75) is 0 Å². The van der Waals surface area contributed by atoms with E-state index in [4.69, 9.17) is 45.6 Å². The SMILES string of the molecule is Nc1c(Cl)c(Cl)nc(C(=O)O)c1Cl.[Na+]. The largest absolute Gasteiger partial charge is 1.00 e. The van der Waals surface area contributed by atoms with E-state index >= 15 is 0 Å². The van der Waals surface area contributed by atoms with Crippen LogP contribution in [0.25, 0.3) is 0 Å². The van der Waals surface area contributed by atoms with Gasteiger partial charge in [0.15, 0.2) is 10.8 Å². The number of anilines is 1. The van der Waals surface area contributed by atoms with Gasteiger partial charge >= 0.3 is 35.5 Å². The average Bonchev–Trinajstić information content (AvgIpc) is 2.07. The normalized spacial score (nSPS) is 9.36. The molecule has 8 heteroatoms. The summed E-state index contributed by atoms with van der Waals surface area (Å²) < 4.78 is 0. The van der Waals surface area contributed by atoms with Crippen LogP contribution < -0.4 is 35.3 Å². The van der Waals surface area contributed by atoms with Crippen LogP contribution in [0.3, 0.4) is 0 Å². The van der Waals surface area contributed by atoms with Crippen molar-refractivity contribution >= 4 is 46.5 Å². The molecule has 0 aliphatic heterocycles. The van der Waals surface area contributed by atoms with Gasteiger partial charge < -0.3 is 10.8 Å². The molecule has 0 radical (unpaired) electrons. The molecule has 0 fully saturated rings. The molecule has 0 atom stereocenters.